The van der Waals surface area contributed by atoms with Crippen LogP contribution in [-0.4, -0.2) is 16.7 Å². The van der Waals surface area contributed by atoms with E-state index in [-0.39, 0.29) is 0 Å². The Labute approximate surface area is 131 Å². The molecular formula is C15H15BrClNO2. The van der Waals surface area contributed by atoms with Gasteiger partial charge < -0.3 is 9.84 Å². The molecule has 0 saturated heterocycles. The van der Waals surface area contributed by atoms with Crippen LogP contribution in [-0.2, 0) is 5.60 Å². The fraction of sp³-hybridized carbons (Fsp3) is 0.267. The predicted octanol–water partition coefficient (Wildman–Crippen LogP) is 4.15. The summed E-state index contributed by atoms with van der Waals surface area (Å²) in [4.78, 5) is 4.10. The predicted molar refractivity (Wildman–Crippen MR) is 83.2 cm³/mol. The fourth-order valence-electron chi connectivity index (χ4n) is 1.97. The van der Waals surface area contributed by atoms with Crippen LogP contribution in [0.15, 0.2) is 41.1 Å². The van der Waals surface area contributed by atoms with Crippen molar-refractivity contribution in [2.24, 2.45) is 0 Å². The molecule has 0 amide bonds. The van der Waals surface area contributed by atoms with E-state index in [1.54, 1.807) is 37.5 Å². The van der Waals surface area contributed by atoms with E-state index in [9.17, 15) is 5.11 Å². The highest BCUT2D eigenvalue weighted by atomic mass is 79.9. The molecule has 20 heavy (non-hydrogen) atoms. The number of ether oxygens (including phenoxy) is 1. The molecular weight excluding hydrogens is 342 g/mol. The first-order chi connectivity index (χ1) is 9.45. The molecule has 1 aromatic heterocycles. The lowest BCUT2D eigenvalue weighted by molar-refractivity contribution is 0.101. The van der Waals surface area contributed by atoms with E-state index in [0.717, 1.165) is 4.47 Å². The third-order valence-corrected chi connectivity index (χ3v) is 3.85. The molecule has 1 unspecified atom stereocenters. The smallest absolute Gasteiger partial charge is 0.137 e. The van der Waals surface area contributed by atoms with Crippen molar-refractivity contribution in [2.75, 3.05) is 6.61 Å². The Balaban J connectivity index is 2.45. The number of pyridine rings is 1. The zero-order valence-electron chi connectivity index (χ0n) is 11.2. The number of hydrogen-bond acceptors (Lipinski definition) is 3. The van der Waals surface area contributed by atoms with Crippen LogP contribution >= 0.6 is 27.5 Å². The molecule has 0 aliphatic carbocycles. The second-order valence-electron chi connectivity index (χ2n) is 4.54. The lowest BCUT2D eigenvalue weighted by Gasteiger charge is -2.25. The Morgan fingerprint density at radius 1 is 1.35 bits per heavy atom. The maximum atomic E-state index is 10.8. The Morgan fingerprint density at radius 2 is 2.10 bits per heavy atom. The quantitative estimate of drug-likeness (QED) is 0.895. The van der Waals surface area contributed by atoms with E-state index in [0.29, 0.717) is 28.5 Å². The third kappa shape index (κ3) is 3.14. The van der Waals surface area contributed by atoms with Crippen molar-refractivity contribution < 1.29 is 9.84 Å². The van der Waals surface area contributed by atoms with Gasteiger partial charge >= 0.3 is 0 Å². The number of nitrogens with zero attached hydrogens (tertiary/aromatic N) is 1. The first-order valence-corrected chi connectivity index (χ1v) is 7.38. The van der Waals surface area contributed by atoms with Crippen LogP contribution in [0.3, 0.4) is 0 Å². The van der Waals surface area contributed by atoms with Crippen molar-refractivity contribution in [3.8, 4) is 5.75 Å². The summed E-state index contributed by atoms with van der Waals surface area (Å²) in [5.74, 6) is 0.624. The third-order valence-electron chi connectivity index (χ3n) is 3.04. The fourth-order valence-corrected chi connectivity index (χ4v) is 2.83. The standard InChI is InChI=1S/C15H15BrClNO2/c1-3-20-12-6-10(8-18-9-12)15(2,19)13-5-4-11(16)7-14(13)17/h4-9,19H,3H2,1-2H3. The zero-order chi connectivity index (χ0) is 14.8. The molecule has 1 aromatic carbocycles. The summed E-state index contributed by atoms with van der Waals surface area (Å²) < 4.78 is 6.28. The molecule has 5 heteroatoms. The lowest BCUT2D eigenvalue weighted by Crippen LogP contribution is -2.23. The average molecular weight is 357 g/mol. The highest BCUT2D eigenvalue weighted by molar-refractivity contribution is 9.10. The van der Waals surface area contributed by atoms with Crippen LogP contribution in [0.4, 0.5) is 0 Å². The van der Waals surface area contributed by atoms with Gasteiger partial charge in [-0.1, -0.05) is 33.6 Å². The van der Waals surface area contributed by atoms with Crippen LogP contribution in [0.1, 0.15) is 25.0 Å². The molecule has 2 rings (SSSR count). The number of halogens is 2. The number of rotatable bonds is 4. The molecule has 2 aromatic rings. The molecule has 0 saturated carbocycles. The van der Waals surface area contributed by atoms with Gasteiger partial charge in [0.15, 0.2) is 0 Å². The van der Waals surface area contributed by atoms with E-state index < -0.39 is 5.60 Å². The van der Waals surface area contributed by atoms with E-state index >= 15 is 0 Å². The molecule has 1 N–H and O–H groups in total. The number of aromatic nitrogens is 1. The molecule has 0 spiro atoms. The van der Waals surface area contributed by atoms with Gasteiger partial charge in [0.25, 0.3) is 0 Å². The monoisotopic (exact) mass is 355 g/mol. The van der Waals surface area contributed by atoms with Crippen LogP contribution in [0.25, 0.3) is 0 Å². The Morgan fingerprint density at radius 3 is 2.75 bits per heavy atom. The number of aliphatic hydroxyl groups is 1. The lowest BCUT2D eigenvalue weighted by atomic mass is 9.89. The Bertz CT molecular complexity index is 617. The van der Waals surface area contributed by atoms with Gasteiger partial charge in [-0.2, -0.15) is 0 Å². The topological polar surface area (TPSA) is 42.4 Å². The van der Waals surface area contributed by atoms with Crippen LogP contribution < -0.4 is 4.74 Å². The first kappa shape index (κ1) is 15.3. The molecule has 106 valence electrons. The maximum absolute atomic E-state index is 10.8. The minimum absolute atomic E-state index is 0.492. The van der Waals surface area contributed by atoms with Gasteiger partial charge in [-0.25, -0.2) is 0 Å². The Hall–Kier alpha value is -1.10. The summed E-state index contributed by atoms with van der Waals surface area (Å²) in [7, 11) is 0. The normalized spacial score (nSPS) is 13.8. The molecule has 0 bridgehead atoms. The molecule has 0 radical (unpaired) electrons. The number of benzene rings is 1. The van der Waals surface area contributed by atoms with Gasteiger partial charge in [0.05, 0.1) is 12.8 Å². The van der Waals surface area contributed by atoms with Crippen molar-refractivity contribution in [2.45, 2.75) is 19.4 Å². The minimum atomic E-state index is -1.24. The molecule has 0 fully saturated rings. The highest BCUT2D eigenvalue weighted by Gasteiger charge is 2.28. The van der Waals surface area contributed by atoms with E-state index in [1.165, 1.54) is 0 Å². The summed E-state index contributed by atoms with van der Waals surface area (Å²) in [5.41, 5.74) is 0.0169. The zero-order valence-corrected chi connectivity index (χ0v) is 13.6. The largest absolute Gasteiger partial charge is 0.492 e. The van der Waals surface area contributed by atoms with Gasteiger partial charge in [0, 0.05) is 26.8 Å². The summed E-state index contributed by atoms with van der Waals surface area (Å²) >= 11 is 9.58. The number of hydrogen-bond donors (Lipinski definition) is 1. The maximum Gasteiger partial charge on any atom is 0.137 e. The van der Waals surface area contributed by atoms with Crippen LogP contribution in [0.5, 0.6) is 5.75 Å². The molecule has 1 atom stereocenters. The second-order valence-corrected chi connectivity index (χ2v) is 5.86. The molecule has 0 aliphatic rings. The second kappa shape index (κ2) is 6.12. The highest BCUT2D eigenvalue weighted by Crippen LogP contribution is 2.36. The van der Waals surface area contributed by atoms with Crippen LogP contribution in [0.2, 0.25) is 5.02 Å². The van der Waals surface area contributed by atoms with Crippen LogP contribution in [0, 0.1) is 0 Å². The SMILES string of the molecule is CCOc1cncc(C(C)(O)c2ccc(Br)cc2Cl)c1. The molecule has 1 heterocycles. The first-order valence-electron chi connectivity index (χ1n) is 6.21. The van der Waals surface area contributed by atoms with E-state index in [1.807, 2.05) is 13.0 Å². The van der Waals surface area contributed by atoms with Crippen molar-refractivity contribution in [3.63, 3.8) is 0 Å². The van der Waals surface area contributed by atoms with Gasteiger partial charge in [0.1, 0.15) is 11.4 Å². The Kier molecular flexibility index (Phi) is 4.68. The average Bonchev–Trinajstić information content (AvgIpc) is 2.39. The van der Waals surface area contributed by atoms with Gasteiger partial charge in [-0.05, 0) is 32.0 Å². The summed E-state index contributed by atoms with van der Waals surface area (Å²) in [6, 6.07) is 7.16. The van der Waals surface area contributed by atoms with E-state index in [2.05, 4.69) is 20.9 Å². The van der Waals surface area contributed by atoms with Crippen molar-refractivity contribution >= 4 is 27.5 Å². The minimum Gasteiger partial charge on any atom is -0.492 e. The van der Waals surface area contributed by atoms with Crippen molar-refractivity contribution in [3.05, 3.63) is 57.3 Å². The molecule has 0 aliphatic heterocycles. The summed E-state index contributed by atoms with van der Waals surface area (Å²) in [6.07, 6.45) is 3.23. The van der Waals surface area contributed by atoms with E-state index in [4.69, 9.17) is 16.3 Å². The summed E-state index contributed by atoms with van der Waals surface area (Å²) in [6.45, 7) is 4.14. The van der Waals surface area contributed by atoms with Gasteiger partial charge in [-0.15, -0.1) is 0 Å². The summed E-state index contributed by atoms with van der Waals surface area (Å²) in [5, 5.41) is 11.3. The van der Waals surface area contributed by atoms with Crippen molar-refractivity contribution in [1.29, 1.82) is 0 Å². The van der Waals surface area contributed by atoms with Crippen molar-refractivity contribution in [1.82, 2.24) is 4.98 Å². The molecule has 3 nitrogen and oxygen atoms in total. The van der Waals surface area contributed by atoms with Gasteiger partial charge in [0.2, 0.25) is 0 Å². The van der Waals surface area contributed by atoms with Gasteiger partial charge in [-0.3, -0.25) is 4.98 Å².